The first kappa shape index (κ1) is 14.5. The molecule has 2 N–H and O–H groups in total. The van der Waals surface area contributed by atoms with Crippen LogP contribution in [0.5, 0.6) is 0 Å². The van der Waals surface area contributed by atoms with Gasteiger partial charge in [0.05, 0.1) is 11.6 Å². The van der Waals surface area contributed by atoms with Crippen molar-refractivity contribution in [3.63, 3.8) is 0 Å². The van der Waals surface area contributed by atoms with E-state index in [1.54, 1.807) is 22.9 Å². The van der Waals surface area contributed by atoms with Crippen molar-refractivity contribution in [2.24, 2.45) is 7.05 Å². The number of aromatic nitrogens is 4. The molecule has 1 aliphatic rings. The maximum absolute atomic E-state index is 11.5. The average molecular weight is 305 g/mol. The molecule has 0 radical (unpaired) electrons. The molecular formula is C13H19N7O2. The Bertz CT molecular complexity index is 684. The van der Waals surface area contributed by atoms with Gasteiger partial charge >= 0.3 is 6.03 Å². The lowest BCUT2D eigenvalue weighted by molar-refractivity contribution is 0.178. The van der Waals surface area contributed by atoms with Crippen molar-refractivity contribution in [1.82, 2.24) is 30.0 Å². The fourth-order valence-corrected chi connectivity index (χ4v) is 2.43. The van der Waals surface area contributed by atoms with E-state index in [4.69, 9.17) is 4.74 Å². The number of anilines is 1. The molecule has 0 unspecified atom stereocenters. The average Bonchev–Trinajstić information content (AvgIpc) is 3.07. The fourth-order valence-electron chi connectivity index (χ4n) is 2.43. The third-order valence-corrected chi connectivity index (χ3v) is 3.53. The van der Waals surface area contributed by atoms with Crippen LogP contribution in [0.4, 0.5) is 10.6 Å². The van der Waals surface area contributed by atoms with E-state index in [1.165, 1.54) is 0 Å². The number of urea groups is 1. The zero-order valence-electron chi connectivity index (χ0n) is 12.7. The van der Waals surface area contributed by atoms with E-state index in [1.807, 2.05) is 7.05 Å². The van der Waals surface area contributed by atoms with Gasteiger partial charge in [-0.2, -0.15) is 5.10 Å². The van der Waals surface area contributed by atoms with Crippen molar-refractivity contribution in [3.05, 3.63) is 12.0 Å². The molecular weight excluding hydrogens is 286 g/mol. The first-order chi connectivity index (χ1) is 10.7. The summed E-state index contributed by atoms with van der Waals surface area (Å²) in [5.41, 5.74) is 0.753. The molecule has 0 spiro atoms. The number of amides is 2. The molecule has 2 aromatic rings. The molecule has 2 amide bonds. The summed E-state index contributed by atoms with van der Waals surface area (Å²) >= 11 is 0. The number of methoxy groups -OCH3 is 1. The molecule has 0 aromatic carbocycles. The normalized spacial score (nSPS) is 14.6. The molecule has 0 bridgehead atoms. The minimum absolute atomic E-state index is 0.0175. The largest absolute Gasteiger partial charge is 0.377 e. The molecule has 0 atom stereocenters. The Morgan fingerprint density at radius 3 is 3.05 bits per heavy atom. The van der Waals surface area contributed by atoms with Gasteiger partial charge in [0.1, 0.15) is 12.4 Å². The quantitative estimate of drug-likeness (QED) is 0.776. The number of carbonyl (C=O) groups excluding carboxylic acids is 1. The highest BCUT2D eigenvalue weighted by atomic mass is 16.5. The third-order valence-electron chi connectivity index (χ3n) is 3.53. The van der Waals surface area contributed by atoms with Crippen LogP contribution >= 0.6 is 0 Å². The van der Waals surface area contributed by atoms with Gasteiger partial charge in [0.2, 0.25) is 0 Å². The Labute approximate surface area is 127 Å². The van der Waals surface area contributed by atoms with Crippen LogP contribution in [-0.2, 0) is 18.4 Å². The summed E-state index contributed by atoms with van der Waals surface area (Å²) in [6, 6.07) is -0.0175. The fraction of sp³-hybridized carbons (Fsp3) is 0.538. The summed E-state index contributed by atoms with van der Waals surface area (Å²) in [5.74, 6) is 1.31. The van der Waals surface area contributed by atoms with Crippen LogP contribution in [-0.4, -0.2) is 64.0 Å². The number of carbonyl (C=O) groups is 1. The third kappa shape index (κ3) is 2.80. The van der Waals surface area contributed by atoms with Crippen LogP contribution in [0.1, 0.15) is 5.82 Å². The van der Waals surface area contributed by atoms with Crippen molar-refractivity contribution < 1.29 is 9.53 Å². The number of nitrogens with one attached hydrogen (secondary N) is 2. The number of fused-ring (bicyclic) bond motifs is 1. The number of ether oxygens (including phenoxy) is 1. The highest BCUT2D eigenvalue weighted by molar-refractivity contribution is 5.86. The molecule has 0 saturated carbocycles. The maximum Gasteiger partial charge on any atom is 0.317 e. The molecule has 1 aliphatic heterocycles. The van der Waals surface area contributed by atoms with Gasteiger partial charge in [0, 0.05) is 40.3 Å². The zero-order valence-corrected chi connectivity index (χ0v) is 12.7. The summed E-state index contributed by atoms with van der Waals surface area (Å²) in [7, 11) is 3.44. The standard InChI is InChI=1S/C13H19N7O2/c1-19-12-9(7-16-19)11(17-10(18-12)8-22-2)14-3-5-20-6-4-15-13(20)21/h7H,3-6,8H2,1-2H3,(H,15,21)(H,14,17,18). The minimum atomic E-state index is -0.0175. The Balaban J connectivity index is 1.75. The van der Waals surface area contributed by atoms with Gasteiger partial charge in [-0.15, -0.1) is 0 Å². The Hall–Kier alpha value is -2.42. The van der Waals surface area contributed by atoms with Gasteiger partial charge in [-0.25, -0.2) is 14.8 Å². The van der Waals surface area contributed by atoms with E-state index in [0.29, 0.717) is 37.9 Å². The van der Waals surface area contributed by atoms with Crippen molar-refractivity contribution in [1.29, 1.82) is 0 Å². The monoisotopic (exact) mass is 305 g/mol. The lowest BCUT2D eigenvalue weighted by Gasteiger charge is -2.15. The Kier molecular flexibility index (Phi) is 4.05. The van der Waals surface area contributed by atoms with Crippen LogP contribution in [0.15, 0.2) is 6.20 Å². The second kappa shape index (κ2) is 6.14. The minimum Gasteiger partial charge on any atom is -0.377 e. The second-order valence-electron chi connectivity index (χ2n) is 5.07. The second-order valence-corrected chi connectivity index (χ2v) is 5.07. The van der Waals surface area contributed by atoms with Crippen LogP contribution in [0.25, 0.3) is 11.0 Å². The number of nitrogens with zero attached hydrogens (tertiary/aromatic N) is 5. The molecule has 3 rings (SSSR count). The van der Waals surface area contributed by atoms with Gasteiger partial charge in [0.15, 0.2) is 11.5 Å². The van der Waals surface area contributed by atoms with Gasteiger partial charge in [-0.05, 0) is 0 Å². The van der Waals surface area contributed by atoms with Gasteiger partial charge in [-0.1, -0.05) is 0 Å². The summed E-state index contributed by atoms with van der Waals surface area (Å²) in [6.45, 7) is 3.01. The van der Waals surface area contributed by atoms with Gasteiger partial charge in [-0.3, -0.25) is 4.68 Å². The van der Waals surface area contributed by atoms with Crippen LogP contribution in [0, 0.1) is 0 Å². The Morgan fingerprint density at radius 1 is 1.45 bits per heavy atom. The van der Waals surface area contributed by atoms with E-state index in [2.05, 4.69) is 25.7 Å². The lowest BCUT2D eigenvalue weighted by atomic mass is 10.3. The number of hydrogen-bond donors (Lipinski definition) is 2. The zero-order chi connectivity index (χ0) is 15.5. The SMILES string of the molecule is COCc1nc(NCCN2CCNC2=O)c2cnn(C)c2n1. The van der Waals surface area contributed by atoms with E-state index >= 15 is 0 Å². The topological polar surface area (TPSA) is 97.2 Å². The highest BCUT2D eigenvalue weighted by Crippen LogP contribution is 2.19. The van der Waals surface area contributed by atoms with Crippen molar-refractivity contribution in [2.75, 3.05) is 38.6 Å². The molecule has 1 fully saturated rings. The van der Waals surface area contributed by atoms with Crippen LogP contribution < -0.4 is 10.6 Å². The van der Waals surface area contributed by atoms with E-state index in [-0.39, 0.29) is 6.03 Å². The Morgan fingerprint density at radius 2 is 2.32 bits per heavy atom. The summed E-state index contributed by atoms with van der Waals surface area (Å²) in [6.07, 6.45) is 1.73. The van der Waals surface area contributed by atoms with E-state index in [0.717, 1.165) is 17.6 Å². The predicted octanol–water partition coefficient (Wildman–Crippen LogP) is -0.0532. The van der Waals surface area contributed by atoms with E-state index < -0.39 is 0 Å². The molecule has 22 heavy (non-hydrogen) atoms. The number of aryl methyl sites for hydroxylation is 1. The van der Waals surface area contributed by atoms with Crippen molar-refractivity contribution in [2.45, 2.75) is 6.61 Å². The smallest absolute Gasteiger partial charge is 0.317 e. The molecule has 118 valence electrons. The molecule has 2 aromatic heterocycles. The molecule has 0 aliphatic carbocycles. The summed E-state index contributed by atoms with van der Waals surface area (Å²) in [5, 5.41) is 11.1. The highest BCUT2D eigenvalue weighted by Gasteiger charge is 2.19. The van der Waals surface area contributed by atoms with Crippen molar-refractivity contribution >= 4 is 22.9 Å². The maximum atomic E-state index is 11.5. The van der Waals surface area contributed by atoms with Gasteiger partial charge < -0.3 is 20.3 Å². The van der Waals surface area contributed by atoms with E-state index in [9.17, 15) is 4.79 Å². The van der Waals surface area contributed by atoms with Crippen molar-refractivity contribution in [3.8, 4) is 0 Å². The summed E-state index contributed by atoms with van der Waals surface area (Å²) in [4.78, 5) is 22.2. The van der Waals surface area contributed by atoms with Crippen LogP contribution in [0.2, 0.25) is 0 Å². The first-order valence-corrected chi connectivity index (χ1v) is 7.13. The first-order valence-electron chi connectivity index (χ1n) is 7.13. The van der Waals surface area contributed by atoms with Gasteiger partial charge in [0.25, 0.3) is 0 Å². The number of rotatable bonds is 6. The molecule has 9 nitrogen and oxygen atoms in total. The predicted molar refractivity (Wildman–Crippen MR) is 80.5 cm³/mol. The summed E-state index contributed by atoms with van der Waals surface area (Å²) < 4.78 is 6.81. The molecule has 9 heteroatoms. The molecule has 1 saturated heterocycles. The molecule has 3 heterocycles. The van der Waals surface area contributed by atoms with Crippen LogP contribution in [0.3, 0.4) is 0 Å². The number of hydrogen-bond acceptors (Lipinski definition) is 6. The lowest BCUT2D eigenvalue weighted by Crippen LogP contribution is -2.32.